The van der Waals surface area contributed by atoms with E-state index in [0.717, 1.165) is 19.3 Å². The highest BCUT2D eigenvalue weighted by Gasteiger charge is 2.34. The average molecular weight is 463 g/mol. The highest BCUT2D eigenvalue weighted by molar-refractivity contribution is 6.68. The van der Waals surface area contributed by atoms with Crippen molar-refractivity contribution in [3.05, 3.63) is 28.2 Å². The van der Waals surface area contributed by atoms with Crippen LogP contribution in [-0.2, 0) is 4.79 Å². The zero-order valence-corrected chi connectivity index (χ0v) is 18.5. The number of unbranched alkanes of at least 4 members (excludes halogenated alkanes) is 6. The molecule has 1 rings (SSSR count). The van der Waals surface area contributed by atoms with E-state index in [9.17, 15) is 4.79 Å². The zero-order valence-electron chi connectivity index (χ0n) is 14.8. The minimum atomic E-state index is -1.74. The Morgan fingerprint density at radius 2 is 1.65 bits per heavy atom. The number of halogens is 5. The molecule has 0 saturated carbocycles. The third-order valence-electron chi connectivity index (χ3n) is 3.87. The lowest BCUT2D eigenvalue weighted by molar-refractivity contribution is -0.121. The van der Waals surface area contributed by atoms with Gasteiger partial charge >= 0.3 is 0 Å². The molecule has 0 fully saturated rings. The van der Waals surface area contributed by atoms with E-state index in [2.05, 4.69) is 17.6 Å². The molecular weight excluding hydrogens is 437 g/mol. The van der Waals surface area contributed by atoms with Gasteiger partial charge in [-0.2, -0.15) is 0 Å². The molecule has 0 unspecified atom stereocenters. The normalized spacial score (nSPS) is 12.7. The van der Waals surface area contributed by atoms with Crippen molar-refractivity contribution in [3.63, 3.8) is 0 Å². The van der Waals surface area contributed by atoms with E-state index in [1.165, 1.54) is 25.7 Å². The summed E-state index contributed by atoms with van der Waals surface area (Å²) in [4.78, 5) is 12.2. The lowest BCUT2D eigenvalue weighted by atomic mass is 10.1. The summed E-state index contributed by atoms with van der Waals surface area (Å²) in [5.41, 5.74) is 0.517. The van der Waals surface area contributed by atoms with Crippen molar-refractivity contribution in [2.45, 2.75) is 68.2 Å². The van der Waals surface area contributed by atoms with Crippen molar-refractivity contribution in [2.24, 2.45) is 0 Å². The monoisotopic (exact) mass is 460 g/mol. The van der Waals surface area contributed by atoms with Gasteiger partial charge in [0.25, 0.3) is 0 Å². The van der Waals surface area contributed by atoms with E-state index in [-0.39, 0.29) is 5.91 Å². The molecule has 0 aliphatic rings. The minimum absolute atomic E-state index is 0.174. The first-order valence-corrected chi connectivity index (χ1v) is 10.7. The summed E-state index contributed by atoms with van der Waals surface area (Å²) in [6, 6.07) is 4.89. The molecule has 3 nitrogen and oxygen atoms in total. The molecule has 1 aromatic rings. The summed E-state index contributed by atoms with van der Waals surface area (Å²) in [6.07, 6.45) is 7.41. The fourth-order valence-electron chi connectivity index (χ4n) is 2.44. The van der Waals surface area contributed by atoms with Crippen LogP contribution in [0.4, 0.5) is 5.69 Å². The smallest absolute Gasteiger partial charge is 0.228 e. The van der Waals surface area contributed by atoms with Crippen LogP contribution >= 0.6 is 58.0 Å². The van der Waals surface area contributed by atoms with Gasteiger partial charge in [0.1, 0.15) is 6.17 Å². The van der Waals surface area contributed by atoms with Gasteiger partial charge in [0.05, 0.1) is 10.7 Å². The summed E-state index contributed by atoms with van der Waals surface area (Å²) in [7, 11) is 0. The van der Waals surface area contributed by atoms with E-state index < -0.39 is 9.96 Å². The molecule has 0 saturated heterocycles. The highest BCUT2D eigenvalue weighted by atomic mass is 35.6. The molecule has 0 aliphatic heterocycles. The van der Waals surface area contributed by atoms with Gasteiger partial charge in [0, 0.05) is 11.4 Å². The van der Waals surface area contributed by atoms with Crippen molar-refractivity contribution < 1.29 is 4.79 Å². The quantitative estimate of drug-likeness (QED) is 0.205. The predicted octanol–water partition coefficient (Wildman–Crippen LogP) is 7.36. The molecule has 1 amide bonds. The van der Waals surface area contributed by atoms with Crippen LogP contribution in [0.15, 0.2) is 18.2 Å². The van der Waals surface area contributed by atoms with Crippen LogP contribution in [0.25, 0.3) is 0 Å². The Kier molecular flexibility index (Phi) is 11.4. The molecule has 1 atom stereocenters. The summed E-state index contributed by atoms with van der Waals surface area (Å²) < 4.78 is -1.74. The maximum atomic E-state index is 12.2. The number of rotatable bonds is 11. The Balaban J connectivity index is 2.48. The van der Waals surface area contributed by atoms with E-state index in [4.69, 9.17) is 58.0 Å². The molecule has 8 heteroatoms. The maximum absolute atomic E-state index is 12.2. The Hall–Kier alpha value is -0.0600. The van der Waals surface area contributed by atoms with Crippen molar-refractivity contribution >= 4 is 69.6 Å². The van der Waals surface area contributed by atoms with Gasteiger partial charge in [0.15, 0.2) is 0 Å². The molecule has 0 spiro atoms. The molecule has 0 bridgehead atoms. The predicted molar refractivity (Wildman–Crippen MR) is 115 cm³/mol. The van der Waals surface area contributed by atoms with Crippen LogP contribution in [0.1, 0.15) is 58.3 Å². The number of hydrogen-bond donors (Lipinski definition) is 2. The van der Waals surface area contributed by atoms with Crippen molar-refractivity contribution in [1.29, 1.82) is 0 Å². The third kappa shape index (κ3) is 9.75. The molecule has 0 radical (unpaired) electrons. The molecule has 0 aromatic heterocycles. The highest BCUT2D eigenvalue weighted by Crippen LogP contribution is 2.33. The molecule has 2 N–H and O–H groups in total. The number of anilines is 1. The van der Waals surface area contributed by atoms with Crippen molar-refractivity contribution in [2.75, 3.05) is 5.32 Å². The Labute approximate surface area is 181 Å². The Bertz CT molecular complexity index is 563. The second-order valence-electron chi connectivity index (χ2n) is 6.18. The number of nitrogens with one attached hydrogen (secondary N) is 2. The number of amides is 1. The number of benzene rings is 1. The van der Waals surface area contributed by atoms with Gasteiger partial charge in [-0.05, 0) is 24.6 Å². The fourth-order valence-corrected chi connectivity index (χ4v) is 3.23. The first kappa shape index (κ1) is 24.0. The molecule has 0 heterocycles. The molecule has 0 aliphatic carbocycles. The van der Waals surface area contributed by atoms with Crippen molar-refractivity contribution in [3.8, 4) is 0 Å². The van der Waals surface area contributed by atoms with Gasteiger partial charge in [-0.25, -0.2) is 0 Å². The van der Waals surface area contributed by atoms with E-state index in [0.29, 0.717) is 22.2 Å². The second kappa shape index (κ2) is 12.4. The lowest BCUT2D eigenvalue weighted by Gasteiger charge is -2.28. The number of carbonyl (C=O) groups is 1. The lowest BCUT2D eigenvalue weighted by Crippen LogP contribution is -2.49. The van der Waals surface area contributed by atoms with Crippen LogP contribution in [-0.4, -0.2) is 15.9 Å². The minimum Gasteiger partial charge on any atom is -0.361 e. The maximum Gasteiger partial charge on any atom is 0.228 e. The van der Waals surface area contributed by atoms with Crippen LogP contribution in [0, 0.1) is 0 Å². The number of alkyl halides is 3. The Morgan fingerprint density at radius 3 is 2.23 bits per heavy atom. The number of carbonyl (C=O) groups excluding carboxylic acids is 1. The van der Waals surface area contributed by atoms with Gasteiger partial charge in [-0.1, -0.05) is 103 Å². The summed E-state index contributed by atoms with van der Waals surface area (Å²) in [5.74, 6) is -0.174. The third-order valence-corrected chi connectivity index (χ3v) is 5.07. The second-order valence-corrected chi connectivity index (χ2v) is 9.39. The summed E-state index contributed by atoms with van der Waals surface area (Å²) in [5, 5.41) is 6.54. The first-order valence-electron chi connectivity index (χ1n) is 8.81. The van der Waals surface area contributed by atoms with Gasteiger partial charge < -0.3 is 10.6 Å². The van der Waals surface area contributed by atoms with Crippen LogP contribution in [0.5, 0.6) is 0 Å². The average Bonchev–Trinajstić information content (AvgIpc) is 2.54. The molecular formula is C18H25Cl5N2O. The Morgan fingerprint density at radius 1 is 1.04 bits per heavy atom. The van der Waals surface area contributed by atoms with Crippen LogP contribution in [0.3, 0.4) is 0 Å². The molecule has 148 valence electrons. The SMILES string of the molecule is CCCCCCCCCC(=O)N[C@@H](Nc1ccc(Cl)cc1Cl)C(Cl)(Cl)Cl. The van der Waals surface area contributed by atoms with Crippen LogP contribution < -0.4 is 10.6 Å². The molecule has 26 heavy (non-hydrogen) atoms. The first-order chi connectivity index (χ1) is 12.2. The van der Waals surface area contributed by atoms with E-state index in [1.54, 1.807) is 18.2 Å². The van der Waals surface area contributed by atoms with Gasteiger partial charge in [-0.3, -0.25) is 4.79 Å². The standard InChI is InChI=1S/C18H25Cl5N2O/c1-2-3-4-5-6-7-8-9-16(26)25-17(18(21,22)23)24-15-11-10-13(19)12-14(15)20/h10-12,17,24H,2-9H2,1H3,(H,25,26)/t17-/m1/s1. The summed E-state index contributed by atoms with van der Waals surface area (Å²) >= 11 is 30.0. The summed E-state index contributed by atoms with van der Waals surface area (Å²) in [6.45, 7) is 2.19. The van der Waals surface area contributed by atoms with Crippen molar-refractivity contribution in [1.82, 2.24) is 5.32 Å². The van der Waals surface area contributed by atoms with E-state index in [1.807, 2.05) is 0 Å². The van der Waals surface area contributed by atoms with Gasteiger partial charge in [0.2, 0.25) is 9.70 Å². The number of hydrogen-bond acceptors (Lipinski definition) is 2. The molecule has 1 aromatic carbocycles. The van der Waals surface area contributed by atoms with E-state index >= 15 is 0 Å². The fraction of sp³-hybridized carbons (Fsp3) is 0.611. The topological polar surface area (TPSA) is 41.1 Å². The van der Waals surface area contributed by atoms with Crippen LogP contribution in [0.2, 0.25) is 10.0 Å². The largest absolute Gasteiger partial charge is 0.361 e. The van der Waals surface area contributed by atoms with Gasteiger partial charge in [-0.15, -0.1) is 0 Å². The zero-order chi connectivity index (χ0) is 19.6.